The molecular formula is C19H21N3O3. The summed E-state index contributed by atoms with van der Waals surface area (Å²) < 4.78 is 12.4. The first-order chi connectivity index (χ1) is 12.2. The summed E-state index contributed by atoms with van der Waals surface area (Å²) in [6.07, 6.45) is 1.49. The highest BCUT2D eigenvalue weighted by molar-refractivity contribution is 5.74. The van der Waals surface area contributed by atoms with Crippen molar-refractivity contribution in [2.45, 2.75) is 19.2 Å². The average molecular weight is 339 g/mol. The van der Waals surface area contributed by atoms with Crippen molar-refractivity contribution in [1.29, 1.82) is 5.26 Å². The number of hydrogen-bond donors (Lipinski definition) is 0. The van der Waals surface area contributed by atoms with Crippen LogP contribution in [0.15, 0.2) is 42.6 Å². The second-order valence-corrected chi connectivity index (χ2v) is 6.01. The Bertz CT molecular complexity index is 778. The van der Waals surface area contributed by atoms with Crippen LogP contribution in [0.5, 0.6) is 0 Å². The van der Waals surface area contributed by atoms with Gasteiger partial charge in [-0.15, -0.1) is 0 Å². The summed E-state index contributed by atoms with van der Waals surface area (Å²) in [7, 11) is 1.38. The van der Waals surface area contributed by atoms with Crippen molar-refractivity contribution < 1.29 is 14.3 Å². The van der Waals surface area contributed by atoms with E-state index in [-0.39, 0.29) is 5.97 Å². The van der Waals surface area contributed by atoms with E-state index in [1.165, 1.54) is 7.11 Å². The molecule has 2 heterocycles. The Labute approximate surface area is 147 Å². The Hall–Kier alpha value is -2.62. The predicted octanol–water partition coefficient (Wildman–Crippen LogP) is 1.78. The minimum absolute atomic E-state index is 0.331. The van der Waals surface area contributed by atoms with E-state index in [2.05, 4.69) is 21.6 Å². The summed E-state index contributed by atoms with van der Waals surface area (Å²) in [5.41, 5.74) is 2.83. The molecule has 130 valence electrons. The highest BCUT2D eigenvalue weighted by Gasteiger charge is 2.27. The number of nitriles is 1. The molecule has 0 spiro atoms. The smallest absolute Gasteiger partial charge is 0.336 e. The standard InChI is InChI=1S/C19H21N3O3/c1-24-19(23)18-14-21(9-10-25-18)13-17-7-4-8-22(17)12-16-6-3-2-5-15(16)11-20/h2-8,18H,9-10,12-14H2,1H3. The number of carbonyl (C=O) groups excluding carboxylic acids is 1. The largest absolute Gasteiger partial charge is 0.467 e. The second-order valence-electron chi connectivity index (χ2n) is 6.01. The third-order valence-corrected chi connectivity index (χ3v) is 4.40. The van der Waals surface area contributed by atoms with Crippen LogP contribution in [0.25, 0.3) is 0 Å². The van der Waals surface area contributed by atoms with Crippen LogP contribution in [0, 0.1) is 11.3 Å². The number of hydrogen-bond acceptors (Lipinski definition) is 5. The Balaban J connectivity index is 1.70. The number of rotatable bonds is 5. The molecule has 1 aliphatic heterocycles. The zero-order chi connectivity index (χ0) is 17.6. The van der Waals surface area contributed by atoms with Gasteiger partial charge in [-0.25, -0.2) is 4.79 Å². The lowest BCUT2D eigenvalue weighted by atomic mass is 10.1. The third-order valence-electron chi connectivity index (χ3n) is 4.40. The fraction of sp³-hybridized carbons (Fsp3) is 0.368. The van der Waals surface area contributed by atoms with Gasteiger partial charge in [-0.05, 0) is 23.8 Å². The third kappa shape index (κ3) is 4.08. The lowest BCUT2D eigenvalue weighted by Gasteiger charge is -2.31. The summed E-state index contributed by atoms with van der Waals surface area (Å²) in [5.74, 6) is -0.331. The maximum atomic E-state index is 11.7. The van der Waals surface area contributed by atoms with Crippen molar-refractivity contribution in [3.05, 3.63) is 59.4 Å². The summed E-state index contributed by atoms with van der Waals surface area (Å²) in [5, 5.41) is 9.26. The highest BCUT2D eigenvalue weighted by Crippen LogP contribution is 2.15. The number of benzene rings is 1. The van der Waals surface area contributed by atoms with Crippen LogP contribution in [-0.4, -0.2) is 48.3 Å². The molecule has 6 heteroatoms. The Morgan fingerprint density at radius 2 is 2.16 bits per heavy atom. The number of nitrogens with zero attached hydrogens (tertiary/aromatic N) is 3. The molecule has 1 fully saturated rings. The summed E-state index contributed by atoms with van der Waals surface area (Å²) >= 11 is 0. The first-order valence-electron chi connectivity index (χ1n) is 8.25. The van der Waals surface area contributed by atoms with Gasteiger partial charge in [-0.2, -0.15) is 5.26 Å². The van der Waals surface area contributed by atoms with Gasteiger partial charge in [-0.3, -0.25) is 4.90 Å². The molecule has 1 atom stereocenters. The number of carbonyl (C=O) groups is 1. The molecule has 25 heavy (non-hydrogen) atoms. The van der Waals surface area contributed by atoms with Gasteiger partial charge in [0, 0.05) is 38.1 Å². The number of esters is 1. The van der Waals surface area contributed by atoms with E-state index in [9.17, 15) is 10.1 Å². The first-order valence-corrected chi connectivity index (χ1v) is 8.25. The molecule has 1 aromatic carbocycles. The molecule has 0 aliphatic carbocycles. The van der Waals surface area contributed by atoms with E-state index < -0.39 is 6.10 Å². The number of aromatic nitrogens is 1. The van der Waals surface area contributed by atoms with Gasteiger partial charge in [0.2, 0.25) is 0 Å². The molecule has 1 saturated heterocycles. The Kier molecular flexibility index (Phi) is 5.49. The molecule has 0 N–H and O–H groups in total. The topological polar surface area (TPSA) is 67.5 Å². The van der Waals surface area contributed by atoms with E-state index in [1.54, 1.807) is 0 Å². The maximum absolute atomic E-state index is 11.7. The van der Waals surface area contributed by atoms with Gasteiger partial charge in [0.1, 0.15) is 0 Å². The molecule has 0 radical (unpaired) electrons. The van der Waals surface area contributed by atoms with E-state index in [0.717, 1.165) is 24.3 Å². The van der Waals surface area contributed by atoms with Crippen molar-refractivity contribution >= 4 is 5.97 Å². The molecule has 1 aromatic heterocycles. The van der Waals surface area contributed by atoms with E-state index in [0.29, 0.717) is 25.3 Å². The van der Waals surface area contributed by atoms with Crippen molar-refractivity contribution in [2.24, 2.45) is 0 Å². The molecule has 0 bridgehead atoms. The predicted molar refractivity (Wildman–Crippen MR) is 91.7 cm³/mol. The van der Waals surface area contributed by atoms with Crippen LogP contribution < -0.4 is 0 Å². The zero-order valence-corrected chi connectivity index (χ0v) is 14.2. The minimum Gasteiger partial charge on any atom is -0.467 e. The molecule has 0 saturated carbocycles. The summed E-state index contributed by atoms with van der Waals surface area (Å²) in [4.78, 5) is 13.9. The van der Waals surface area contributed by atoms with Crippen LogP contribution >= 0.6 is 0 Å². The normalized spacial score (nSPS) is 17.8. The minimum atomic E-state index is -0.526. The lowest BCUT2D eigenvalue weighted by molar-refractivity contribution is -0.160. The van der Waals surface area contributed by atoms with Crippen LogP contribution in [0.1, 0.15) is 16.8 Å². The van der Waals surface area contributed by atoms with Crippen LogP contribution in [0.4, 0.5) is 0 Å². The van der Waals surface area contributed by atoms with Crippen LogP contribution in [0.2, 0.25) is 0 Å². The van der Waals surface area contributed by atoms with Crippen LogP contribution in [0.3, 0.4) is 0 Å². The van der Waals surface area contributed by atoms with Gasteiger partial charge < -0.3 is 14.0 Å². The zero-order valence-electron chi connectivity index (χ0n) is 14.2. The second kappa shape index (κ2) is 7.97. The molecule has 6 nitrogen and oxygen atoms in total. The summed E-state index contributed by atoms with van der Waals surface area (Å²) in [6.45, 7) is 3.17. The lowest BCUT2D eigenvalue weighted by Crippen LogP contribution is -2.46. The van der Waals surface area contributed by atoms with Gasteiger partial charge in [-0.1, -0.05) is 18.2 Å². The monoisotopic (exact) mass is 339 g/mol. The molecular weight excluding hydrogens is 318 g/mol. The number of ether oxygens (including phenoxy) is 2. The highest BCUT2D eigenvalue weighted by atomic mass is 16.6. The molecule has 2 aromatic rings. The SMILES string of the molecule is COC(=O)C1CN(Cc2cccn2Cc2ccccc2C#N)CCO1. The Morgan fingerprint density at radius 3 is 2.96 bits per heavy atom. The Morgan fingerprint density at radius 1 is 1.32 bits per heavy atom. The van der Waals surface area contributed by atoms with Gasteiger partial charge >= 0.3 is 5.97 Å². The van der Waals surface area contributed by atoms with E-state index in [4.69, 9.17) is 9.47 Å². The quantitative estimate of drug-likeness (QED) is 0.777. The van der Waals surface area contributed by atoms with Crippen molar-refractivity contribution in [3.8, 4) is 6.07 Å². The molecule has 1 unspecified atom stereocenters. The van der Waals surface area contributed by atoms with Gasteiger partial charge in [0.25, 0.3) is 0 Å². The average Bonchev–Trinajstić information content (AvgIpc) is 3.08. The van der Waals surface area contributed by atoms with E-state index >= 15 is 0 Å². The first kappa shape index (κ1) is 17.2. The fourth-order valence-electron chi connectivity index (χ4n) is 3.05. The fourth-order valence-corrected chi connectivity index (χ4v) is 3.05. The van der Waals surface area contributed by atoms with Crippen LogP contribution in [-0.2, 0) is 27.4 Å². The van der Waals surface area contributed by atoms with Gasteiger partial charge in [0.15, 0.2) is 6.10 Å². The number of methoxy groups -OCH3 is 1. The number of morpholine rings is 1. The van der Waals surface area contributed by atoms with E-state index in [1.807, 2.05) is 36.5 Å². The molecule has 1 aliphatic rings. The van der Waals surface area contributed by atoms with Crippen molar-refractivity contribution in [2.75, 3.05) is 26.8 Å². The van der Waals surface area contributed by atoms with Crippen molar-refractivity contribution in [1.82, 2.24) is 9.47 Å². The maximum Gasteiger partial charge on any atom is 0.336 e. The molecule has 3 rings (SSSR count). The molecule has 0 amide bonds. The van der Waals surface area contributed by atoms with Crippen molar-refractivity contribution in [3.63, 3.8) is 0 Å². The van der Waals surface area contributed by atoms with Gasteiger partial charge in [0.05, 0.1) is 25.3 Å². The summed E-state index contributed by atoms with van der Waals surface area (Å²) in [6, 6.07) is 13.9.